The van der Waals surface area contributed by atoms with Crippen molar-refractivity contribution in [2.45, 2.75) is 38.6 Å². The summed E-state index contributed by atoms with van der Waals surface area (Å²) in [5.74, 6) is 1.05. The number of hydrogen-bond donors (Lipinski definition) is 1. The van der Waals surface area contributed by atoms with E-state index in [4.69, 9.17) is 0 Å². The van der Waals surface area contributed by atoms with Gasteiger partial charge in [-0.05, 0) is 30.5 Å². The van der Waals surface area contributed by atoms with Gasteiger partial charge in [0.25, 0.3) is 0 Å². The first-order chi connectivity index (χ1) is 12.8. The number of nitrogens with one attached hydrogen (secondary N) is 1. The number of amides is 1. The van der Waals surface area contributed by atoms with Gasteiger partial charge >= 0.3 is 0 Å². The third kappa shape index (κ3) is 3.15. The third-order valence-electron chi connectivity index (χ3n) is 5.07. The molecule has 2 heterocycles. The number of carbonyl (C=O) groups is 1. The van der Waals surface area contributed by atoms with Crippen LogP contribution in [0.15, 0.2) is 60.8 Å². The molecule has 0 unspecified atom stereocenters. The number of rotatable bonds is 5. The molecule has 1 amide bonds. The van der Waals surface area contributed by atoms with Crippen LogP contribution < -0.4 is 5.32 Å². The summed E-state index contributed by atoms with van der Waals surface area (Å²) in [6, 6.07) is 18.0. The Balaban J connectivity index is 1.56. The first-order valence-corrected chi connectivity index (χ1v) is 9.27. The van der Waals surface area contributed by atoms with Crippen LogP contribution in [0.1, 0.15) is 37.1 Å². The summed E-state index contributed by atoms with van der Waals surface area (Å²) < 4.78 is 2.28. The van der Waals surface area contributed by atoms with E-state index in [1.807, 2.05) is 61.7 Å². The van der Waals surface area contributed by atoms with Gasteiger partial charge in [0.2, 0.25) is 5.91 Å². The zero-order chi connectivity index (χ0) is 17.9. The molecule has 4 rings (SSSR count). The van der Waals surface area contributed by atoms with E-state index in [0.717, 1.165) is 54.1 Å². The average Bonchev–Trinajstić information content (AvgIpc) is 3.27. The van der Waals surface area contributed by atoms with Gasteiger partial charge in [0, 0.05) is 24.2 Å². The lowest BCUT2D eigenvalue weighted by Crippen LogP contribution is -2.20. The molecule has 1 atom stereocenters. The number of nitrogens with zero attached hydrogens (tertiary/aromatic N) is 2. The molecular formula is C22H23N3O. The Labute approximate surface area is 153 Å². The molecule has 132 valence electrons. The third-order valence-corrected chi connectivity index (χ3v) is 5.07. The smallest absolute Gasteiger partial charge is 0.231 e. The monoisotopic (exact) mass is 345 g/mol. The molecule has 0 spiro atoms. The van der Waals surface area contributed by atoms with Gasteiger partial charge in [0.05, 0.1) is 17.8 Å². The summed E-state index contributed by atoms with van der Waals surface area (Å²) >= 11 is 0. The number of aromatic nitrogens is 2. The lowest BCUT2D eigenvalue weighted by Gasteiger charge is -2.16. The van der Waals surface area contributed by atoms with Crippen LogP contribution in [0.4, 0.5) is 5.69 Å². The molecule has 0 aliphatic carbocycles. The number of imidazole rings is 1. The van der Waals surface area contributed by atoms with Crippen LogP contribution in [-0.4, -0.2) is 15.5 Å². The second-order valence-electron chi connectivity index (χ2n) is 6.76. The number of carbonyl (C=O) groups excluding carboxylic acids is 1. The average molecular weight is 345 g/mol. The summed E-state index contributed by atoms with van der Waals surface area (Å²) in [5, 5.41) is 3.09. The normalized spacial score (nSPS) is 14.0. The Bertz CT molecular complexity index is 914. The van der Waals surface area contributed by atoms with Crippen molar-refractivity contribution in [2.75, 3.05) is 5.32 Å². The molecule has 3 aromatic rings. The summed E-state index contributed by atoms with van der Waals surface area (Å²) in [6.45, 7) is 3.07. The number of hydrogen-bond acceptors (Lipinski definition) is 2. The molecule has 1 aliphatic rings. The molecule has 0 fully saturated rings. The maximum absolute atomic E-state index is 12.8. The number of aryl methyl sites for hydroxylation is 1. The van der Waals surface area contributed by atoms with Crippen molar-refractivity contribution in [3.63, 3.8) is 0 Å². The van der Waals surface area contributed by atoms with Crippen molar-refractivity contribution in [1.29, 1.82) is 0 Å². The van der Waals surface area contributed by atoms with Gasteiger partial charge < -0.3 is 9.88 Å². The maximum Gasteiger partial charge on any atom is 0.231 e. The van der Waals surface area contributed by atoms with Crippen LogP contribution in [0.3, 0.4) is 0 Å². The van der Waals surface area contributed by atoms with Crippen LogP contribution in [-0.2, 0) is 17.8 Å². The SMILES string of the molecule is CC[C@@H](C(=O)Nc1cccc(-c2cnc3n2CCC3)c1)c1ccccc1. The highest BCUT2D eigenvalue weighted by Gasteiger charge is 2.20. The fraction of sp³-hybridized carbons (Fsp3) is 0.273. The molecule has 0 radical (unpaired) electrons. The van der Waals surface area contributed by atoms with Crippen molar-refractivity contribution < 1.29 is 4.79 Å². The lowest BCUT2D eigenvalue weighted by molar-refractivity contribution is -0.117. The first-order valence-electron chi connectivity index (χ1n) is 9.27. The number of anilines is 1. The molecule has 1 aromatic heterocycles. The van der Waals surface area contributed by atoms with Gasteiger partial charge in [-0.2, -0.15) is 0 Å². The summed E-state index contributed by atoms with van der Waals surface area (Å²) in [4.78, 5) is 17.3. The van der Waals surface area contributed by atoms with E-state index in [1.165, 1.54) is 0 Å². The first kappa shape index (κ1) is 16.6. The Morgan fingerprint density at radius 2 is 2.04 bits per heavy atom. The van der Waals surface area contributed by atoms with Crippen molar-refractivity contribution >= 4 is 11.6 Å². The van der Waals surface area contributed by atoms with Crippen LogP contribution in [0.2, 0.25) is 0 Å². The standard InChI is InChI=1S/C22H23N3O/c1-2-19(16-8-4-3-5-9-16)22(26)24-18-11-6-10-17(14-18)20-15-23-21-12-7-13-25(20)21/h3-6,8-11,14-15,19H,2,7,12-13H2,1H3,(H,24,26)/t19-/m1/s1. The van der Waals surface area contributed by atoms with E-state index >= 15 is 0 Å². The van der Waals surface area contributed by atoms with Gasteiger partial charge in [-0.1, -0.05) is 49.4 Å². The predicted octanol–water partition coefficient (Wildman–Crippen LogP) is 4.63. The van der Waals surface area contributed by atoms with Crippen molar-refractivity contribution in [3.05, 3.63) is 72.2 Å². The van der Waals surface area contributed by atoms with Crippen molar-refractivity contribution in [2.24, 2.45) is 0 Å². The predicted molar refractivity (Wildman–Crippen MR) is 104 cm³/mol. The topological polar surface area (TPSA) is 46.9 Å². The van der Waals surface area contributed by atoms with Crippen LogP contribution in [0.25, 0.3) is 11.3 Å². The highest BCUT2D eigenvalue weighted by Crippen LogP contribution is 2.28. The minimum absolute atomic E-state index is 0.0364. The maximum atomic E-state index is 12.8. The fourth-order valence-electron chi connectivity index (χ4n) is 3.73. The fourth-order valence-corrected chi connectivity index (χ4v) is 3.73. The molecule has 2 aromatic carbocycles. The molecule has 4 nitrogen and oxygen atoms in total. The van der Waals surface area contributed by atoms with Crippen molar-refractivity contribution in [1.82, 2.24) is 9.55 Å². The molecule has 0 saturated carbocycles. The van der Waals surface area contributed by atoms with E-state index in [0.29, 0.717) is 0 Å². The molecule has 1 N–H and O–H groups in total. The second kappa shape index (κ2) is 7.16. The lowest BCUT2D eigenvalue weighted by atomic mass is 9.95. The number of fused-ring (bicyclic) bond motifs is 1. The number of benzene rings is 2. The molecule has 4 heteroatoms. The molecule has 1 aliphatic heterocycles. The molecule has 0 saturated heterocycles. The Morgan fingerprint density at radius 1 is 1.19 bits per heavy atom. The molecule has 0 bridgehead atoms. The molecular weight excluding hydrogens is 322 g/mol. The summed E-state index contributed by atoms with van der Waals surface area (Å²) in [7, 11) is 0. The highest BCUT2D eigenvalue weighted by atomic mass is 16.1. The Kier molecular flexibility index (Phi) is 4.57. The van der Waals surface area contributed by atoms with Gasteiger partial charge in [0.1, 0.15) is 5.82 Å². The summed E-state index contributed by atoms with van der Waals surface area (Å²) in [6.07, 6.45) is 4.91. The Morgan fingerprint density at radius 3 is 2.85 bits per heavy atom. The zero-order valence-corrected chi connectivity index (χ0v) is 15.0. The van der Waals surface area contributed by atoms with E-state index in [2.05, 4.69) is 20.9 Å². The van der Waals surface area contributed by atoms with Crippen LogP contribution >= 0.6 is 0 Å². The van der Waals surface area contributed by atoms with Crippen LogP contribution in [0, 0.1) is 0 Å². The van der Waals surface area contributed by atoms with Gasteiger partial charge in [-0.15, -0.1) is 0 Å². The second-order valence-corrected chi connectivity index (χ2v) is 6.76. The Hall–Kier alpha value is -2.88. The minimum atomic E-state index is -0.140. The zero-order valence-electron chi connectivity index (χ0n) is 15.0. The van der Waals surface area contributed by atoms with Crippen molar-refractivity contribution in [3.8, 4) is 11.3 Å². The van der Waals surface area contributed by atoms with Gasteiger partial charge in [0.15, 0.2) is 0 Å². The van der Waals surface area contributed by atoms with E-state index in [9.17, 15) is 4.79 Å². The van der Waals surface area contributed by atoms with E-state index in [1.54, 1.807) is 0 Å². The van der Waals surface area contributed by atoms with E-state index in [-0.39, 0.29) is 11.8 Å². The summed E-state index contributed by atoms with van der Waals surface area (Å²) in [5.41, 5.74) is 4.10. The largest absolute Gasteiger partial charge is 0.328 e. The van der Waals surface area contributed by atoms with E-state index < -0.39 is 0 Å². The minimum Gasteiger partial charge on any atom is -0.328 e. The molecule has 26 heavy (non-hydrogen) atoms. The van der Waals surface area contributed by atoms with Gasteiger partial charge in [-0.25, -0.2) is 4.98 Å². The quantitative estimate of drug-likeness (QED) is 0.733. The van der Waals surface area contributed by atoms with Crippen LogP contribution in [0.5, 0.6) is 0 Å². The highest BCUT2D eigenvalue weighted by molar-refractivity contribution is 5.96. The van der Waals surface area contributed by atoms with Gasteiger partial charge in [-0.3, -0.25) is 4.79 Å².